The Morgan fingerprint density at radius 3 is 2.89 bits per heavy atom. The van der Waals surface area contributed by atoms with E-state index >= 15 is 0 Å². The zero-order valence-corrected chi connectivity index (χ0v) is 16.1. The SMILES string of the molecule is Cn1c(-c2cc(Br)ccc2OCCO)nc(C(=O)Nc2cnoc2)c(O)c1=O. The number of hydrogen-bond donors (Lipinski definition) is 3. The Hall–Kier alpha value is -3.18. The predicted octanol–water partition coefficient (Wildman–Crippen LogP) is 1.53. The van der Waals surface area contributed by atoms with Crippen molar-refractivity contribution in [2.45, 2.75) is 0 Å². The van der Waals surface area contributed by atoms with E-state index in [0.29, 0.717) is 15.8 Å². The standard InChI is InChI=1S/C17H15BrN4O6/c1-22-15(11-6-9(18)2-3-12(11)27-5-4-23)21-13(14(24)17(22)26)16(25)20-10-7-19-28-8-10/h2-3,6-8,23-24H,4-5H2,1H3,(H,20,25). The molecule has 3 aromatic rings. The van der Waals surface area contributed by atoms with Crippen molar-refractivity contribution in [2.24, 2.45) is 7.05 Å². The van der Waals surface area contributed by atoms with Gasteiger partial charge in [-0.2, -0.15) is 0 Å². The monoisotopic (exact) mass is 450 g/mol. The molecule has 3 rings (SSSR count). The first kappa shape index (κ1) is 19.6. The normalized spacial score (nSPS) is 10.7. The largest absolute Gasteiger partial charge is 0.501 e. The van der Waals surface area contributed by atoms with Gasteiger partial charge in [-0.1, -0.05) is 21.1 Å². The van der Waals surface area contributed by atoms with Crippen molar-refractivity contribution in [3.05, 3.63) is 51.2 Å². The molecule has 0 unspecified atom stereocenters. The van der Waals surface area contributed by atoms with Crippen LogP contribution in [0.15, 0.2) is 44.4 Å². The van der Waals surface area contributed by atoms with Crippen LogP contribution in [0.1, 0.15) is 10.5 Å². The van der Waals surface area contributed by atoms with E-state index in [9.17, 15) is 14.7 Å². The molecule has 28 heavy (non-hydrogen) atoms. The van der Waals surface area contributed by atoms with Crippen LogP contribution in [0.4, 0.5) is 5.69 Å². The van der Waals surface area contributed by atoms with Gasteiger partial charge in [-0.05, 0) is 18.2 Å². The summed E-state index contributed by atoms with van der Waals surface area (Å²) >= 11 is 3.34. The van der Waals surface area contributed by atoms with Crippen LogP contribution in [-0.2, 0) is 7.05 Å². The van der Waals surface area contributed by atoms with E-state index < -0.39 is 22.9 Å². The summed E-state index contributed by atoms with van der Waals surface area (Å²) in [5.74, 6) is -1.18. The number of aliphatic hydroxyl groups excluding tert-OH is 1. The molecule has 0 atom stereocenters. The van der Waals surface area contributed by atoms with Crippen molar-refractivity contribution in [1.29, 1.82) is 0 Å². The first-order valence-electron chi connectivity index (χ1n) is 7.96. The van der Waals surface area contributed by atoms with Gasteiger partial charge in [0.1, 0.15) is 30.1 Å². The van der Waals surface area contributed by atoms with E-state index in [1.165, 1.54) is 19.5 Å². The van der Waals surface area contributed by atoms with Gasteiger partial charge in [0.25, 0.3) is 11.5 Å². The number of aromatic hydroxyl groups is 1. The first-order chi connectivity index (χ1) is 13.4. The molecular weight excluding hydrogens is 436 g/mol. The average molecular weight is 451 g/mol. The van der Waals surface area contributed by atoms with Gasteiger partial charge >= 0.3 is 0 Å². The Bertz CT molecular complexity index is 1060. The number of nitrogens with one attached hydrogen (secondary N) is 1. The second kappa shape index (κ2) is 8.23. The molecular formula is C17H15BrN4O6. The summed E-state index contributed by atoms with van der Waals surface area (Å²) in [7, 11) is 1.41. The van der Waals surface area contributed by atoms with Crippen molar-refractivity contribution in [1.82, 2.24) is 14.7 Å². The molecule has 0 aliphatic heterocycles. The molecule has 11 heteroatoms. The van der Waals surface area contributed by atoms with E-state index in [1.54, 1.807) is 18.2 Å². The number of amides is 1. The van der Waals surface area contributed by atoms with Crippen LogP contribution in [0.5, 0.6) is 11.5 Å². The average Bonchev–Trinajstić information content (AvgIpc) is 3.18. The highest BCUT2D eigenvalue weighted by molar-refractivity contribution is 9.10. The molecule has 146 valence electrons. The minimum Gasteiger partial charge on any atom is -0.501 e. The van der Waals surface area contributed by atoms with Crippen molar-refractivity contribution in [2.75, 3.05) is 18.5 Å². The van der Waals surface area contributed by atoms with Crippen LogP contribution in [0.25, 0.3) is 11.4 Å². The molecule has 1 amide bonds. The summed E-state index contributed by atoms with van der Waals surface area (Å²) in [6.07, 6.45) is 2.44. The summed E-state index contributed by atoms with van der Waals surface area (Å²) < 4.78 is 11.9. The number of carbonyl (C=O) groups is 1. The highest BCUT2D eigenvalue weighted by Crippen LogP contribution is 2.32. The number of hydrogen-bond acceptors (Lipinski definition) is 8. The zero-order valence-electron chi connectivity index (χ0n) is 14.5. The fraction of sp³-hybridized carbons (Fsp3) is 0.176. The summed E-state index contributed by atoms with van der Waals surface area (Å²) in [6.45, 7) is -0.175. The number of aromatic nitrogens is 3. The maximum atomic E-state index is 12.5. The fourth-order valence-corrected chi connectivity index (χ4v) is 2.77. The quantitative estimate of drug-likeness (QED) is 0.513. The first-order valence-corrected chi connectivity index (χ1v) is 8.76. The number of benzene rings is 1. The number of halogens is 1. The molecule has 2 aromatic heterocycles. The van der Waals surface area contributed by atoms with Gasteiger partial charge < -0.3 is 24.8 Å². The number of carbonyl (C=O) groups excluding carboxylic acids is 1. The molecule has 0 radical (unpaired) electrons. The molecule has 0 bridgehead atoms. The van der Waals surface area contributed by atoms with Crippen LogP contribution in [0, 0.1) is 0 Å². The summed E-state index contributed by atoms with van der Waals surface area (Å²) in [5, 5.41) is 25.0. The van der Waals surface area contributed by atoms with Crippen molar-refractivity contribution in [3.8, 4) is 22.9 Å². The number of nitrogens with zero attached hydrogens (tertiary/aromatic N) is 3. The molecule has 3 N–H and O–H groups in total. The summed E-state index contributed by atoms with van der Waals surface area (Å²) in [4.78, 5) is 29.1. The smallest absolute Gasteiger partial charge is 0.296 e. The highest BCUT2D eigenvalue weighted by Gasteiger charge is 2.23. The predicted molar refractivity (Wildman–Crippen MR) is 101 cm³/mol. The van der Waals surface area contributed by atoms with Crippen molar-refractivity contribution >= 4 is 27.5 Å². The molecule has 10 nitrogen and oxygen atoms in total. The lowest BCUT2D eigenvalue weighted by Gasteiger charge is -2.15. The minimum absolute atomic E-state index is 0.0293. The maximum absolute atomic E-state index is 12.5. The van der Waals surface area contributed by atoms with E-state index in [4.69, 9.17) is 9.84 Å². The van der Waals surface area contributed by atoms with E-state index in [2.05, 4.69) is 35.9 Å². The second-order valence-electron chi connectivity index (χ2n) is 5.58. The van der Waals surface area contributed by atoms with Crippen LogP contribution in [-0.4, -0.2) is 44.0 Å². The molecule has 0 aliphatic rings. The third kappa shape index (κ3) is 3.89. The van der Waals surface area contributed by atoms with Gasteiger partial charge in [-0.3, -0.25) is 14.2 Å². The van der Waals surface area contributed by atoms with E-state index in [1.807, 2.05) is 0 Å². The second-order valence-corrected chi connectivity index (χ2v) is 6.49. The topological polar surface area (TPSA) is 140 Å². The lowest BCUT2D eigenvalue weighted by Crippen LogP contribution is -2.25. The molecule has 2 heterocycles. The van der Waals surface area contributed by atoms with Crippen LogP contribution in [0.2, 0.25) is 0 Å². The number of anilines is 1. The summed E-state index contributed by atoms with van der Waals surface area (Å²) in [6, 6.07) is 4.99. The van der Waals surface area contributed by atoms with Gasteiger partial charge in [-0.15, -0.1) is 0 Å². The Kier molecular flexibility index (Phi) is 5.76. The molecule has 1 aromatic carbocycles. The van der Waals surface area contributed by atoms with Crippen LogP contribution >= 0.6 is 15.9 Å². The lowest BCUT2D eigenvalue weighted by molar-refractivity contribution is 0.101. The molecule has 0 saturated carbocycles. The summed E-state index contributed by atoms with van der Waals surface area (Å²) in [5.41, 5.74) is -0.648. The van der Waals surface area contributed by atoms with Gasteiger partial charge in [-0.25, -0.2) is 4.98 Å². The lowest BCUT2D eigenvalue weighted by atomic mass is 10.1. The van der Waals surface area contributed by atoms with Gasteiger partial charge in [0.15, 0.2) is 5.69 Å². The van der Waals surface area contributed by atoms with Gasteiger partial charge in [0.05, 0.1) is 18.4 Å². The maximum Gasteiger partial charge on any atom is 0.296 e. The Balaban J connectivity index is 2.12. The molecule has 0 aliphatic carbocycles. The Morgan fingerprint density at radius 1 is 1.43 bits per heavy atom. The fourth-order valence-electron chi connectivity index (χ4n) is 2.40. The molecule has 0 saturated heterocycles. The van der Waals surface area contributed by atoms with E-state index in [-0.39, 0.29) is 24.7 Å². The van der Waals surface area contributed by atoms with Crippen molar-refractivity contribution < 1.29 is 24.3 Å². The van der Waals surface area contributed by atoms with Gasteiger partial charge in [0.2, 0.25) is 5.75 Å². The Labute approximate surface area is 166 Å². The van der Waals surface area contributed by atoms with Crippen LogP contribution < -0.4 is 15.6 Å². The molecule has 0 fully saturated rings. The number of rotatable bonds is 6. The zero-order chi connectivity index (χ0) is 20.3. The van der Waals surface area contributed by atoms with Crippen LogP contribution in [0.3, 0.4) is 0 Å². The Morgan fingerprint density at radius 2 is 2.21 bits per heavy atom. The third-order valence-electron chi connectivity index (χ3n) is 3.70. The van der Waals surface area contributed by atoms with Crippen molar-refractivity contribution in [3.63, 3.8) is 0 Å². The third-order valence-corrected chi connectivity index (χ3v) is 4.20. The minimum atomic E-state index is -0.813. The van der Waals surface area contributed by atoms with Gasteiger partial charge in [0, 0.05) is 11.5 Å². The number of ether oxygens (including phenoxy) is 1. The highest BCUT2D eigenvalue weighted by atomic mass is 79.9. The molecule has 0 spiro atoms. The number of aliphatic hydroxyl groups is 1. The van der Waals surface area contributed by atoms with E-state index in [0.717, 1.165) is 4.57 Å².